The van der Waals surface area contributed by atoms with Gasteiger partial charge in [-0.25, -0.2) is 4.39 Å². The first-order valence-electron chi connectivity index (χ1n) is 7.29. The van der Waals surface area contributed by atoms with Crippen molar-refractivity contribution in [2.45, 2.75) is 38.0 Å². The predicted molar refractivity (Wildman–Crippen MR) is 75.6 cm³/mol. The predicted octanol–water partition coefficient (Wildman–Crippen LogP) is 3.43. The Bertz CT molecular complexity index is 618. The van der Waals surface area contributed by atoms with Crippen LogP contribution in [0.3, 0.4) is 0 Å². The van der Waals surface area contributed by atoms with Crippen LogP contribution < -0.4 is 0 Å². The Morgan fingerprint density at radius 2 is 1.95 bits per heavy atom. The lowest BCUT2D eigenvalue weighted by Gasteiger charge is -2.34. The summed E-state index contributed by atoms with van der Waals surface area (Å²) in [5.41, 5.74) is 0.435. The van der Waals surface area contributed by atoms with Gasteiger partial charge in [-0.2, -0.15) is 0 Å². The van der Waals surface area contributed by atoms with E-state index in [1.165, 1.54) is 6.07 Å². The summed E-state index contributed by atoms with van der Waals surface area (Å²) in [6.45, 7) is 5.23. The van der Waals surface area contributed by atoms with Gasteiger partial charge in [-0.3, -0.25) is 0 Å². The van der Waals surface area contributed by atoms with E-state index in [2.05, 4.69) is 10.2 Å². The third kappa shape index (κ3) is 2.58. The molecule has 0 N–H and O–H groups in total. The molecule has 2 heterocycles. The largest absolute Gasteiger partial charge is 0.424 e. The minimum absolute atomic E-state index is 0.177. The van der Waals surface area contributed by atoms with E-state index in [9.17, 15) is 4.39 Å². The van der Waals surface area contributed by atoms with Crippen LogP contribution in [0.5, 0.6) is 0 Å². The smallest absolute Gasteiger partial charge is 0.227 e. The molecule has 0 radical (unpaired) electrons. The van der Waals surface area contributed by atoms with E-state index < -0.39 is 5.41 Å². The molecule has 0 unspecified atom stereocenters. The molecule has 1 saturated heterocycles. The number of hydrogen-bond acceptors (Lipinski definition) is 4. The molecule has 112 valence electrons. The summed E-state index contributed by atoms with van der Waals surface area (Å²) in [7, 11) is 0. The molecule has 5 heteroatoms. The molecule has 1 aromatic carbocycles. The topological polar surface area (TPSA) is 48.2 Å². The molecule has 21 heavy (non-hydrogen) atoms. The second kappa shape index (κ2) is 5.56. The molecule has 2 aromatic rings. The standard InChI is InChI=1S/C16H19FN2O2/c1-11(2)14-18-19-15(21-14)16(6-8-20-9-7-16)12-4-3-5-13(17)10-12/h3-5,10-11H,6-9H2,1-2H3. The van der Waals surface area contributed by atoms with E-state index in [4.69, 9.17) is 9.15 Å². The van der Waals surface area contributed by atoms with Gasteiger partial charge in [0, 0.05) is 19.1 Å². The zero-order valence-corrected chi connectivity index (χ0v) is 12.3. The number of halogens is 1. The van der Waals surface area contributed by atoms with Crippen molar-refractivity contribution in [2.75, 3.05) is 13.2 Å². The van der Waals surface area contributed by atoms with Gasteiger partial charge in [-0.05, 0) is 30.5 Å². The summed E-state index contributed by atoms with van der Waals surface area (Å²) in [6, 6.07) is 6.66. The normalized spacial score (nSPS) is 18.1. The fraction of sp³-hybridized carbons (Fsp3) is 0.500. The van der Waals surface area contributed by atoms with Crippen LogP contribution >= 0.6 is 0 Å². The van der Waals surface area contributed by atoms with E-state index in [0.29, 0.717) is 25.0 Å². The minimum Gasteiger partial charge on any atom is -0.424 e. The molecule has 0 atom stereocenters. The molecule has 1 aromatic heterocycles. The lowest BCUT2D eigenvalue weighted by molar-refractivity contribution is 0.0538. The van der Waals surface area contributed by atoms with Gasteiger partial charge in [0.2, 0.25) is 11.8 Å². The van der Waals surface area contributed by atoms with E-state index in [-0.39, 0.29) is 11.7 Å². The van der Waals surface area contributed by atoms with Crippen molar-refractivity contribution in [1.82, 2.24) is 10.2 Å². The first-order valence-corrected chi connectivity index (χ1v) is 7.29. The molecule has 0 saturated carbocycles. The van der Waals surface area contributed by atoms with Gasteiger partial charge in [-0.1, -0.05) is 26.0 Å². The van der Waals surface area contributed by atoms with E-state index >= 15 is 0 Å². The van der Waals surface area contributed by atoms with Crippen molar-refractivity contribution in [1.29, 1.82) is 0 Å². The number of aromatic nitrogens is 2. The van der Waals surface area contributed by atoms with E-state index in [1.807, 2.05) is 19.9 Å². The first-order chi connectivity index (χ1) is 10.1. The Morgan fingerprint density at radius 3 is 2.57 bits per heavy atom. The Morgan fingerprint density at radius 1 is 1.19 bits per heavy atom. The molecule has 1 fully saturated rings. The van der Waals surface area contributed by atoms with Crippen LogP contribution in [0.2, 0.25) is 0 Å². The van der Waals surface area contributed by atoms with Crippen LogP contribution in [0.15, 0.2) is 28.7 Å². The van der Waals surface area contributed by atoms with Gasteiger partial charge in [0.25, 0.3) is 0 Å². The third-order valence-electron chi connectivity index (χ3n) is 4.07. The molecule has 0 spiro atoms. The molecular formula is C16H19FN2O2. The summed E-state index contributed by atoms with van der Waals surface area (Å²) in [6.07, 6.45) is 1.44. The summed E-state index contributed by atoms with van der Waals surface area (Å²) < 4.78 is 25.0. The van der Waals surface area contributed by atoms with Crippen molar-refractivity contribution in [3.63, 3.8) is 0 Å². The Balaban J connectivity index is 2.07. The monoisotopic (exact) mass is 290 g/mol. The number of rotatable bonds is 3. The van der Waals surface area contributed by atoms with Crippen LogP contribution in [0, 0.1) is 5.82 Å². The second-order valence-electron chi connectivity index (χ2n) is 5.80. The maximum atomic E-state index is 13.6. The lowest BCUT2D eigenvalue weighted by atomic mass is 9.74. The summed E-state index contributed by atoms with van der Waals surface area (Å²) in [5, 5.41) is 8.38. The summed E-state index contributed by atoms with van der Waals surface area (Å²) >= 11 is 0. The molecule has 3 rings (SSSR count). The molecule has 0 amide bonds. The highest BCUT2D eigenvalue weighted by atomic mass is 19.1. The van der Waals surface area contributed by atoms with Crippen LogP contribution in [0.1, 0.15) is 50.0 Å². The lowest BCUT2D eigenvalue weighted by Crippen LogP contribution is -2.35. The Labute approximate surface area is 123 Å². The molecular weight excluding hydrogens is 271 g/mol. The third-order valence-corrected chi connectivity index (χ3v) is 4.07. The van der Waals surface area contributed by atoms with Gasteiger partial charge < -0.3 is 9.15 Å². The van der Waals surface area contributed by atoms with Gasteiger partial charge >= 0.3 is 0 Å². The van der Waals surface area contributed by atoms with E-state index in [0.717, 1.165) is 18.4 Å². The van der Waals surface area contributed by atoms with Crippen LogP contribution in [0.25, 0.3) is 0 Å². The maximum Gasteiger partial charge on any atom is 0.227 e. The quantitative estimate of drug-likeness (QED) is 0.869. The number of ether oxygens (including phenoxy) is 1. The van der Waals surface area contributed by atoms with Gasteiger partial charge in [0.1, 0.15) is 5.82 Å². The zero-order chi connectivity index (χ0) is 14.9. The van der Waals surface area contributed by atoms with Crippen molar-refractivity contribution >= 4 is 0 Å². The SMILES string of the molecule is CC(C)c1nnc(C2(c3cccc(F)c3)CCOCC2)o1. The summed E-state index contributed by atoms with van der Waals surface area (Å²) in [4.78, 5) is 0. The second-order valence-corrected chi connectivity index (χ2v) is 5.80. The zero-order valence-electron chi connectivity index (χ0n) is 12.3. The van der Waals surface area contributed by atoms with Crippen molar-refractivity contribution in [3.8, 4) is 0 Å². The average Bonchev–Trinajstić information content (AvgIpc) is 2.98. The highest BCUT2D eigenvalue weighted by molar-refractivity contribution is 5.33. The fourth-order valence-corrected chi connectivity index (χ4v) is 2.79. The highest BCUT2D eigenvalue weighted by Gasteiger charge is 2.41. The van der Waals surface area contributed by atoms with Crippen LogP contribution in [0.4, 0.5) is 4.39 Å². The highest BCUT2D eigenvalue weighted by Crippen LogP contribution is 2.41. The van der Waals surface area contributed by atoms with Crippen LogP contribution in [-0.2, 0) is 10.2 Å². The molecule has 0 aliphatic carbocycles. The minimum atomic E-state index is -0.444. The molecule has 4 nitrogen and oxygen atoms in total. The van der Waals surface area contributed by atoms with Gasteiger partial charge in [-0.15, -0.1) is 10.2 Å². The molecule has 1 aliphatic heterocycles. The van der Waals surface area contributed by atoms with Crippen molar-refractivity contribution in [3.05, 3.63) is 47.4 Å². The number of benzene rings is 1. The van der Waals surface area contributed by atoms with Crippen molar-refractivity contribution in [2.24, 2.45) is 0 Å². The fourth-order valence-electron chi connectivity index (χ4n) is 2.79. The average molecular weight is 290 g/mol. The van der Waals surface area contributed by atoms with Gasteiger partial charge in [0.05, 0.1) is 5.41 Å². The van der Waals surface area contributed by atoms with Gasteiger partial charge in [0.15, 0.2) is 0 Å². The first kappa shape index (κ1) is 14.2. The van der Waals surface area contributed by atoms with Crippen molar-refractivity contribution < 1.29 is 13.5 Å². The maximum absolute atomic E-state index is 13.6. The molecule has 0 bridgehead atoms. The Kier molecular flexibility index (Phi) is 3.76. The summed E-state index contributed by atoms with van der Waals surface area (Å²) in [5.74, 6) is 1.12. The van der Waals surface area contributed by atoms with E-state index in [1.54, 1.807) is 12.1 Å². The Hall–Kier alpha value is -1.75. The van der Waals surface area contributed by atoms with Crippen LogP contribution in [-0.4, -0.2) is 23.4 Å². The number of nitrogens with zero attached hydrogens (tertiary/aromatic N) is 2. The number of hydrogen-bond donors (Lipinski definition) is 0. The molecule has 1 aliphatic rings.